The van der Waals surface area contributed by atoms with Crippen molar-refractivity contribution in [1.29, 1.82) is 0 Å². The maximum atomic E-state index is 4.43. The highest BCUT2D eigenvalue weighted by Gasteiger charge is 2.16. The van der Waals surface area contributed by atoms with Crippen LogP contribution in [0, 0.1) is 0 Å². The van der Waals surface area contributed by atoms with Gasteiger partial charge in [-0.15, -0.1) is 0 Å². The maximum absolute atomic E-state index is 4.43. The number of nitrogens with one attached hydrogen (secondary N) is 1. The average molecular weight is 187 g/mol. The molecule has 1 fully saturated rings. The van der Waals surface area contributed by atoms with Crippen molar-refractivity contribution in [3.63, 3.8) is 0 Å². The molecule has 1 N–H and O–H groups in total. The molecule has 0 heterocycles. The third-order valence-corrected chi connectivity index (χ3v) is 3.27. The first-order valence-electron chi connectivity index (χ1n) is 5.14. The van der Waals surface area contributed by atoms with Gasteiger partial charge in [0.2, 0.25) is 0 Å². The lowest BCUT2D eigenvalue weighted by Gasteiger charge is -2.28. The Bertz CT molecular complexity index is 119. The van der Waals surface area contributed by atoms with Crippen molar-refractivity contribution in [3.8, 4) is 0 Å². The Hall–Kier alpha value is 0.310. The summed E-state index contributed by atoms with van der Waals surface area (Å²) in [5.41, 5.74) is 0. The molecule has 1 saturated carbocycles. The first kappa shape index (κ1) is 10.4. The fraction of sp³-hybridized carbons (Fsp3) is 1.00. The quantitative estimate of drug-likeness (QED) is 0.647. The summed E-state index contributed by atoms with van der Waals surface area (Å²) in [4.78, 5) is 0. The number of thiol groups is 1. The summed E-state index contributed by atoms with van der Waals surface area (Å²) in [6.45, 7) is 4.38. The van der Waals surface area contributed by atoms with E-state index in [2.05, 4.69) is 31.8 Å². The molecular formula is C10H21NS. The average Bonchev–Trinajstić information content (AvgIpc) is 2.06. The van der Waals surface area contributed by atoms with Crippen LogP contribution in [-0.4, -0.2) is 17.3 Å². The molecule has 0 amide bonds. The first-order valence-corrected chi connectivity index (χ1v) is 5.66. The van der Waals surface area contributed by atoms with Crippen LogP contribution in [0.15, 0.2) is 0 Å². The van der Waals surface area contributed by atoms with E-state index in [0.29, 0.717) is 11.3 Å². The molecule has 0 bridgehead atoms. The molecule has 1 aliphatic carbocycles. The Balaban J connectivity index is 2.20. The lowest BCUT2D eigenvalue weighted by molar-refractivity contribution is 0.343. The molecule has 12 heavy (non-hydrogen) atoms. The Morgan fingerprint density at radius 1 is 1.17 bits per heavy atom. The molecule has 1 nitrogen and oxygen atoms in total. The zero-order valence-corrected chi connectivity index (χ0v) is 9.11. The fourth-order valence-electron chi connectivity index (χ4n) is 1.78. The normalized spacial score (nSPS) is 25.2. The van der Waals surface area contributed by atoms with E-state index in [1.807, 2.05) is 0 Å². The molecule has 72 valence electrons. The molecule has 0 aromatic rings. The molecule has 1 rings (SSSR count). The van der Waals surface area contributed by atoms with Crippen molar-refractivity contribution in [2.75, 3.05) is 0 Å². The van der Waals surface area contributed by atoms with Gasteiger partial charge >= 0.3 is 0 Å². The van der Waals surface area contributed by atoms with Gasteiger partial charge in [-0.3, -0.25) is 0 Å². The number of hydrogen-bond donors (Lipinski definition) is 2. The van der Waals surface area contributed by atoms with Crippen molar-refractivity contribution in [1.82, 2.24) is 5.32 Å². The molecule has 2 heteroatoms. The molecule has 0 saturated heterocycles. The van der Waals surface area contributed by atoms with Crippen LogP contribution in [0.1, 0.15) is 46.0 Å². The second-order valence-electron chi connectivity index (χ2n) is 4.03. The highest BCUT2D eigenvalue weighted by Crippen LogP contribution is 2.18. The zero-order chi connectivity index (χ0) is 8.97. The van der Waals surface area contributed by atoms with E-state index in [-0.39, 0.29) is 0 Å². The van der Waals surface area contributed by atoms with E-state index in [1.54, 1.807) is 0 Å². The summed E-state index contributed by atoms with van der Waals surface area (Å²) in [6, 6.07) is 1.32. The number of hydrogen-bond acceptors (Lipinski definition) is 2. The van der Waals surface area contributed by atoms with Gasteiger partial charge in [0, 0.05) is 17.3 Å². The summed E-state index contributed by atoms with van der Waals surface area (Å²) < 4.78 is 0. The van der Waals surface area contributed by atoms with Gasteiger partial charge in [-0.05, 0) is 19.8 Å². The first-order chi connectivity index (χ1) is 5.70. The predicted molar refractivity (Wildman–Crippen MR) is 57.9 cm³/mol. The molecule has 0 aromatic carbocycles. The van der Waals surface area contributed by atoms with Crippen molar-refractivity contribution in [2.24, 2.45) is 0 Å². The van der Waals surface area contributed by atoms with Crippen LogP contribution in [0.5, 0.6) is 0 Å². The summed E-state index contributed by atoms with van der Waals surface area (Å²) in [5.74, 6) is 0. The van der Waals surface area contributed by atoms with E-state index in [9.17, 15) is 0 Å². The molecular weight excluding hydrogens is 166 g/mol. The monoisotopic (exact) mass is 187 g/mol. The molecule has 0 radical (unpaired) electrons. The van der Waals surface area contributed by atoms with Gasteiger partial charge in [0.1, 0.15) is 0 Å². The number of rotatable bonds is 3. The van der Waals surface area contributed by atoms with E-state index < -0.39 is 0 Å². The van der Waals surface area contributed by atoms with Crippen molar-refractivity contribution in [3.05, 3.63) is 0 Å². The Morgan fingerprint density at radius 3 is 2.25 bits per heavy atom. The van der Waals surface area contributed by atoms with Gasteiger partial charge in [-0.1, -0.05) is 26.2 Å². The minimum absolute atomic E-state index is 0.465. The smallest absolute Gasteiger partial charge is 0.0155 e. The van der Waals surface area contributed by atoms with Crippen LogP contribution in [0.3, 0.4) is 0 Å². The standard InChI is InChI=1S/C10H21NS/c1-8(9(2)12)11-10-6-4-3-5-7-10/h8-12H,3-7H2,1-2H3. The van der Waals surface area contributed by atoms with Crippen LogP contribution >= 0.6 is 12.6 Å². The fourth-order valence-corrected chi connectivity index (χ4v) is 1.87. The highest BCUT2D eigenvalue weighted by molar-refractivity contribution is 7.81. The molecule has 2 unspecified atom stereocenters. The van der Waals surface area contributed by atoms with Crippen molar-refractivity contribution in [2.45, 2.75) is 63.3 Å². The van der Waals surface area contributed by atoms with Gasteiger partial charge < -0.3 is 5.32 Å². The van der Waals surface area contributed by atoms with Crippen LogP contribution in [0.4, 0.5) is 0 Å². The van der Waals surface area contributed by atoms with Crippen LogP contribution in [0.2, 0.25) is 0 Å². The van der Waals surface area contributed by atoms with Crippen LogP contribution in [0.25, 0.3) is 0 Å². The van der Waals surface area contributed by atoms with E-state index >= 15 is 0 Å². The predicted octanol–water partition coefficient (Wildman–Crippen LogP) is 2.62. The maximum Gasteiger partial charge on any atom is 0.0155 e. The third kappa shape index (κ3) is 3.36. The molecule has 1 aliphatic rings. The van der Waals surface area contributed by atoms with E-state index in [0.717, 1.165) is 6.04 Å². The summed E-state index contributed by atoms with van der Waals surface area (Å²) >= 11 is 4.43. The minimum Gasteiger partial charge on any atom is -0.310 e. The SMILES string of the molecule is CC(S)C(C)NC1CCCCC1. The van der Waals surface area contributed by atoms with Gasteiger partial charge in [0.15, 0.2) is 0 Å². The Morgan fingerprint density at radius 2 is 1.75 bits per heavy atom. The topological polar surface area (TPSA) is 12.0 Å². The van der Waals surface area contributed by atoms with Gasteiger partial charge in [0.25, 0.3) is 0 Å². The van der Waals surface area contributed by atoms with Gasteiger partial charge in [0.05, 0.1) is 0 Å². The van der Waals surface area contributed by atoms with Crippen molar-refractivity contribution < 1.29 is 0 Å². The summed E-state index contributed by atoms with van der Waals surface area (Å²) in [5, 5.41) is 4.11. The van der Waals surface area contributed by atoms with Crippen LogP contribution in [-0.2, 0) is 0 Å². The van der Waals surface area contributed by atoms with Crippen molar-refractivity contribution >= 4 is 12.6 Å². The second-order valence-corrected chi connectivity index (χ2v) is 4.85. The lowest BCUT2D eigenvalue weighted by Crippen LogP contribution is -2.41. The van der Waals surface area contributed by atoms with Gasteiger partial charge in [-0.25, -0.2) is 0 Å². The largest absolute Gasteiger partial charge is 0.310 e. The lowest BCUT2D eigenvalue weighted by atomic mass is 9.95. The Kier molecular flexibility index (Phi) is 4.44. The zero-order valence-electron chi connectivity index (χ0n) is 8.21. The third-order valence-electron chi connectivity index (χ3n) is 2.83. The van der Waals surface area contributed by atoms with E-state index in [4.69, 9.17) is 0 Å². The molecule has 0 aliphatic heterocycles. The highest BCUT2D eigenvalue weighted by atomic mass is 32.1. The minimum atomic E-state index is 0.465. The molecule has 0 aromatic heterocycles. The summed E-state index contributed by atoms with van der Waals surface area (Å²) in [7, 11) is 0. The Labute approximate surface area is 81.7 Å². The molecule has 0 spiro atoms. The molecule has 2 atom stereocenters. The van der Waals surface area contributed by atoms with Crippen LogP contribution < -0.4 is 5.32 Å². The van der Waals surface area contributed by atoms with E-state index in [1.165, 1.54) is 32.1 Å². The second kappa shape index (κ2) is 5.13. The van der Waals surface area contributed by atoms with Gasteiger partial charge in [-0.2, -0.15) is 12.6 Å². The summed E-state index contributed by atoms with van der Waals surface area (Å²) in [6.07, 6.45) is 6.98.